The predicted octanol–water partition coefficient (Wildman–Crippen LogP) is 2.02. The molecule has 138 valence electrons. The summed E-state index contributed by atoms with van der Waals surface area (Å²) >= 11 is 0. The van der Waals surface area contributed by atoms with Gasteiger partial charge in [-0.3, -0.25) is 10.1 Å². The van der Waals surface area contributed by atoms with E-state index in [0.29, 0.717) is 30.7 Å². The molecule has 4 rings (SSSR count). The van der Waals surface area contributed by atoms with Crippen LogP contribution in [0.1, 0.15) is 37.9 Å². The van der Waals surface area contributed by atoms with Gasteiger partial charge in [-0.2, -0.15) is 5.10 Å². The van der Waals surface area contributed by atoms with E-state index in [-0.39, 0.29) is 11.6 Å². The molecule has 8 heteroatoms. The van der Waals surface area contributed by atoms with Crippen molar-refractivity contribution in [3.8, 4) is 11.4 Å². The summed E-state index contributed by atoms with van der Waals surface area (Å²) in [6, 6.07) is 3.51. The van der Waals surface area contributed by atoms with Crippen molar-refractivity contribution in [1.29, 1.82) is 0 Å². The third-order valence-electron chi connectivity index (χ3n) is 5.30. The van der Waals surface area contributed by atoms with Crippen LogP contribution in [-0.2, 0) is 11.3 Å². The second-order valence-electron chi connectivity index (χ2n) is 7.15. The summed E-state index contributed by atoms with van der Waals surface area (Å²) in [6.07, 6.45) is 9.06. The highest BCUT2D eigenvalue weighted by atomic mass is 16.5. The van der Waals surface area contributed by atoms with Gasteiger partial charge in [0.05, 0.1) is 12.1 Å². The molecule has 0 aromatic carbocycles. The normalized spacial score (nSPS) is 21.2. The van der Waals surface area contributed by atoms with E-state index in [1.54, 1.807) is 12.4 Å². The predicted molar refractivity (Wildman–Crippen MR) is 95.1 cm³/mol. The smallest absolute Gasteiger partial charge is 0.315 e. The van der Waals surface area contributed by atoms with Crippen LogP contribution in [0.2, 0.25) is 0 Å². The zero-order valence-electron chi connectivity index (χ0n) is 14.7. The number of pyridine rings is 1. The summed E-state index contributed by atoms with van der Waals surface area (Å²) in [4.78, 5) is 20.4. The van der Waals surface area contributed by atoms with Gasteiger partial charge < -0.3 is 15.4 Å². The Balaban J connectivity index is 1.21. The summed E-state index contributed by atoms with van der Waals surface area (Å²) in [5, 5.41) is 12.8. The van der Waals surface area contributed by atoms with Gasteiger partial charge in [-0.25, -0.2) is 9.78 Å². The lowest BCUT2D eigenvalue weighted by Crippen LogP contribution is -2.48. The van der Waals surface area contributed by atoms with Crippen LogP contribution in [-0.4, -0.2) is 44.9 Å². The number of urea groups is 1. The standard InChI is InChI=1S/C18H24N6O2/c25-17(20-11-13-4-9-26-18(10-13)5-1-6-18)21-12-15-22-16(24-23-15)14-2-7-19-8-3-14/h2-3,7-8,13H,1,4-6,9-12H2,(H2,20,21,25)(H,22,23,24). The van der Waals surface area contributed by atoms with Gasteiger partial charge in [0.1, 0.15) is 5.82 Å². The van der Waals surface area contributed by atoms with Crippen molar-refractivity contribution in [1.82, 2.24) is 30.8 Å². The minimum atomic E-state index is -0.180. The molecular weight excluding hydrogens is 332 g/mol. The van der Waals surface area contributed by atoms with E-state index < -0.39 is 0 Å². The molecule has 2 aliphatic rings. The highest BCUT2D eigenvalue weighted by Crippen LogP contribution is 2.43. The van der Waals surface area contributed by atoms with E-state index in [2.05, 4.69) is 30.8 Å². The third-order valence-corrected chi connectivity index (χ3v) is 5.30. The maximum atomic E-state index is 12.1. The van der Waals surface area contributed by atoms with E-state index in [4.69, 9.17) is 4.74 Å². The summed E-state index contributed by atoms with van der Waals surface area (Å²) in [5.41, 5.74) is 1.00. The Hall–Kier alpha value is -2.48. The maximum absolute atomic E-state index is 12.1. The number of aromatic nitrogens is 4. The van der Waals surface area contributed by atoms with Crippen molar-refractivity contribution in [2.45, 2.75) is 44.2 Å². The van der Waals surface area contributed by atoms with Crippen LogP contribution >= 0.6 is 0 Å². The molecular formula is C18H24N6O2. The highest BCUT2D eigenvalue weighted by Gasteiger charge is 2.42. The van der Waals surface area contributed by atoms with Crippen LogP contribution in [0.3, 0.4) is 0 Å². The molecule has 8 nitrogen and oxygen atoms in total. The quantitative estimate of drug-likeness (QED) is 0.760. The molecule has 1 atom stereocenters. The van der Waals surface area contributed by atoms with Crippen LogP contribution in [0.5, 0.6) is 0 Å². The number of hydrogen-bond acceptors (Lipinski definition) is 5. The van der Waals surface area contributed by atoms with Crippen molar-refractivity contribution in [2.24, 2.45) is 5.92 Å². The first-order valence-electron chi connectivity index (χ1n) is 9.20. The summed E-state index contributed by atoms with van der Waals surface area (Å²) in [7, 11) is 0. The number of ether oxygens (including phenoxy) is 1. The third kappa shape index (κ3) is 3.85. The number of hydrogen-bond donors (Lipinski definition) is 3. The minimum absolute atomic E-state index is 0.115. The van der Waals surface area contributed by atoms with Crippen LogP contribution < -0.4 is 10.6 Å². The fraction of sp³-hybridized carbons (Fsp3) is 0.556. The van der Waals surface area contributed by atoms with Gasteiger partial charge in [0, 0.05) is 31.1 Å². The van der Waals surface area contributed by atoms with E-state index in [9.17, 15) is 4.79 Å². The van der Waals surface area contributed by atoms with Crippen molar-refractivity contribution >= 4 is 6.03 Å². The van der Waals surface area contributed by atoms with E-state index in [1.807, 2.05) is 12.1 Å². The van der Waals surface area contributed by atoms with Gasteiger partial charge in [-0.15, -0.1) is 0 Å². The summed E-state index contributed by atoms with van der Waals surface area (Å²) < 4.78 is 5.93. The molecule has 2 aromatic rings. The first kappa shape index (κ1) is 17.0. The second kappa shape index (κ2) is 7.41. The van der Waals surface area contributed by atoms with Crippen molar-refractivity contribution in [3.05, 3.63) is 30.4 Å². The largest absolute Gasteiger partial charge is 0.375 e. The average Bonchev–Trinajstić information content (AvgIpc) is 3.13. The molecule has 3 N–H and O–H groups in total. The molecule has 1 saturated carbocycles. The molecule has 1 spiro atoms. The van der Waals surface area contributed by atoms with Gasteiger partial charge in [0.2, 0.25) is 0 Å². The number of carbonyl (C=O) groups is 1. The Morgan fingerprint density at radius 2 is 2.15 bits per heavy atom. The molecule has 1 aliphatic heterocycles. The molecule has 0 radical (unpaired) electrons. The fourth-order valence-electron chi connectivity index (χ4n) is 3.69. The number of aromatic amines is 1. The van der Waals surface area contributed by atoms with E-state index >= 15 is 0 Å². The Kier molecular flexibility index (Phi) is 4.83. The van der Waals surface area contributed by atoms with Crippen LogP contribution in [0.15, 0.2) is 24.5 Å². The highest BCUT2D eigenvalue weighted by molar-refractivity contribution is 5.73. The Bertz CT molecular complexity index is 743. The molecule has 1 unspecified atom stereocenters. The molecule has 2 fully saturated rings. The van der Waals surface area contributed by atoms with Crippen LogP contribution in [0, 0.1) is 5.92 Å². The van der Waals surface area contributed by atoms with E-state index in [1.165, 1.54) is 19.3 Å². The number of carbonyl (C=O) groups excluding carboxylic acids is 1. The van der Waals surface area contributed by atoms with Crippen molar-refractivity contribution < 1.29 is 9.53 Å². The summed E-state index contributed by atoms with van der Waals surface area (Å²) in [5.74, 6) is 1.71. The Morgan fingerprint density at radius 3 is 2.92 bits per heavy atom. The van der Waals surface area contributed by atoms with E-state index in [0.717, 1.165) is 25.0 Å². The first-order valence-corrected chi connectivity index (χ1v) is 9.20. The number of H-pyrrole nitrogens is 1. The monoisotopic (exact) mass is 356 g/mol. The fourth-order valence-corrected chi connectivity index (χ4v) is 3.69. The first-order chi connectivity index (χ1) is 12.7. The lowest BCUT2D eigenvalue weighted by atomic mass is 9.72. The zero-order valence-corrected chi connectivity index (χ0v) is 14.7. The average molecular weight is 356 g/mol. The van der Waals surface area contributed by atoms with Crippen molar-refractivity contribution in [3.63, 3.8) is 0 Å². The second-order valence-corrected chi connectivity index (χ2v) is 7.15. The Morgan fingerprint density at radius 1 is 1.31 bits per heavy atom. The SMILES string of the molecule is O=C(NCc1nc(-c2ccncc2)n[nH]1)NCC1CCOC2(CCC2)C1. The van der Waals surface area contributed by atoms with Crippen LogP contribution in [0.25, 0.3) is 11.4 Å². The van der Waals surface area contributed by atoms with Crippen molar-refractivity contribution in [2.75, 3.05) is 13.2 Å². The molecule has 26 heavy (non-hydrogen) atoms. The molecule has 1 saturated heterocycles. The number of rotatable bonds is 5. The minimum Gasteiger partial charge on any atom is -0.375 e. The van der Waals surface area contributed by atoms with Gasteiger partial charge in [0.25, 0.3) is 0 Å². The molecule has 0 bridgehead atoms. The lowest BCUT2D eigenvalue weighted by Gasteiger charge is -2.47. The van der Waals surface area contributed by atoms with Gasteiger partial charge >= 0.3 is 6.03 Å². The summed E-state index contributed by atoms with van der Waals surface area (Å²) in [6.45, 7) is 1.81. The molecule has 2 amide bonds. The van der Waals surface area contributed by atoms with Gasteiger partial charge in [-0.05, 0) is 50.2 Å². The molecule has 3 heterocycles. The molecule has 1 aliphatic carbocycles. The number of nitrogens with one attached hydrogen (secondary N) is 3. The number of amides is 2. The maximum Gasteiger partial charge on any atom is 0.315 e. The zero-order chi connectivity index (χ0) is 17.8. The number of nitrogens with zero attached hydrogens (tertiary/aromatic N) is 3. The van der Waals surface area contributed by atoms with Gasteiger partial charge in [-0.1, -0.05) is 0 Å². The lowest BCUT2D eigenvalue weighted by molar-refractivity contribution is -0.142. The van der Waals surface area contributed by atoms with Gasteiger partial charge in [0.15, 0.2) is 5.82 Å². The van der Waals surface area contributed by atoms with Crippen LogP contribution in [0.4, 0.5) is 4.79 Å². The topological polar surface area (TPSA) is 105 Å². The molecule has 2 aromatic heterocycles. The Labute approximate surface area is 152 Å².